The summed E-state index contributed by atoms with van der Waals surface area (Å²) in [7, 11) is 0. The third-order valence-electron chi connectivity index (χ3n) is 14.7. The van der Waals surface area contributed by atoms with Gasteiger partial charge in [0, 0.05) is 64.1 Å². The average Bonchev–Trinajstić information content (AvgIpc) is 3.99. The fourth-order valence-electron chi connectivity index (χ4n) is 12.2. The first-order valence-electron chi connectivity index (χ1n) is 22.6. The molecule has 70 heavy (non-hydrogen) atoms. The molecule has 8 aromatic rings. The van der Waals surface area contributed by atoms with E-state index in [1.165, 1.54) is 78.9 Å². The molecule has 8 atom stereocenters. The van der Waals surface area contributed by atoms with Gasteiger partial charge in [-0.2, -0.15) is 0 Å². The number of ether oxygens (including phenoxy) is 2. The Bertz CT molecular complexity index is 3420. The number of phenolic OH excluding ortho intramolecular Hbond substituents is 10. The van der Waals surface area contributed by atoms with Crippen LogP contribution < -0.4 is 9.47 Å². The molecule has 12 rings (SSSR count). The van der Waals surface area contributed by atoms with Crippen LogP contribution in [0.15, 0.2) is 140 Å². The Labute approximate surface area is 398 Å². The van der Waals surface area contributed by atoms with Gasteiger partial charge in [0.1, 0.15) is 81.2 Å². The number of aldehydes is 1. The minimum absolute atomic E-state index is 0.00542. The Balaban J connectivity index is 1.23. The van der Waals surface area contributed by atoms with Crippen molar-refractivity contribution >= 4 is 6.29 Å². The molecule has 0 amide bonds. The first kappa shape index (κ1) is 42.4. The molecule has 0 saturated carbocycles. The van der Waals surface area contributed by atoms with Gasteiger partial charge in [-0.15, -0.1) is 0 Å². The van der Waals surface area contributed by atoms with Crippen LogP contribution in [0.4, 0.5) is 0 Å². The van der Waals surface area contributed by atoms with Crippen molar-refractivity contribution in [3.63, 3.8) is 0 Å². The number of benzene rings is 8. The molecule has 0 spiro atoms. The average molecular weight is 935 g/mol. The van der Waals surface area contributed by atoms with E-state index >= 15 is 0 Å². The van der Waals surface area contributed by atoms with E-state index in [-0.39, 0.29) is 68.8 Å². The Morgan fingerprint density at radius 3 is 1.40 bits per heavy atom. The van der Waals surface area contributed by atoms with Crippen molar-refractivity contribution in [2.45, 2.75) is 47.7 Å². The van der Waals surface area contributed by atoms with E-state index < -0.39 is 53.5 Å². The molecule has 0 fully saturated rings. The molecule has 348 valence electrons. The van der Waals surface area contributed by atoms with Crippen molar-refractivity contribution in [1.29, 1.82) is 0 Å². The van der Waals surface area contributed by atoms with Gasteiger partial charge in [-0.1, -0.05) is 48.5 Å². The lowest BCUT2D eigenvalue weighted by Crippen LogP contribution is -2.21. The number of fused-ring (bicyclic) bond motifs is 3. The summed E-state index contributed by atoms with van der Waals surface area (Å²) in [6, 6.07) is 35.9. The van der Waals surface area contributed by atoms with Crippen molar-refractivity contribution in [2.75, 3.05) is 0 Å². The molecule has 0 saturated heterocycles. The van der Waals surface area contributed by atoms with E-state index in [0.29, 0.717) is 73.0 Å². The molecule has 0 unspecified atom stereocenters. The minimum atomic E-state index is -1.00. The number of hydrogen-bond donors (Lipinski definition) is 10. The maximum Gasteiger partial charge on any atom is 0.157 e. The molecule has 0 bridgehead atoms. The first-order valence-corrected chi connectivity index (χ1v) is 22.6. The van der Waals surface area contributed by atoms with E-state index in [0.717, 1.165) is 0 Å². The normalized spacial score (nSPS) is 22.3. The smallest absolute Gasteiger partial charge is 0.157 e. The topological polar surface area (TPSA) is 238 Å². The summed E-state index contributed by atoms with van der Waals surface area (Å²) in [5, 5.41) is 113. The van der Waals surface area contributed by atoms with Crippen molar-refractivity contribution in [3.8, 4) is 69.0 Å². The van der Waals surface area contributed by atoms with Crippen LogP contribution in [0, 0.1) is 0 Å². The molecule has 2 aliphatic carbocycles. The molecule has 2 aliphatic heterocycles. The first-order chi connectivity index (χ1) is 33.8. The van der Waals surface area contributed by atoms with Crippen molar-refractivity contribution in [3.05, 3.63) is 212 Å². The molecule has 10 N–H and O–H groups in total. The number of carbonyl (C=O) groups excluding carboxylic acids is 1. The van der Waals surface area contributed by atoms with Gasteiger partial charge in [0.2, 0.25) is 0 Å². The third kappa shape index (κ3) is 6.34. The summed E-state index contributed by atoms with van der Waals surface area (Å²) < 4.78 is 13.7. The van der Waals surface area contributed by atoms with Crippen LogP contribution in [0.5, 0.6) is 69.0 Å². The zero-order chi connectivity index (χ0) is 48.4. The van der Waals surface area contributed by atoms with Crippen LogP contribution in [0.1, 0.15) is 125 Å². The van der Waals surface area contributed by atoms with Gasteiger partial charge < -0.3 is 60.5 Å². The Kier molecular flexibility index (Phi) is 9.41. The minimum Gasteiger partial charge on any atom is -0.508 e. The number of rotatable bonds is 7. The van der Waals surface area contributed by atoms with Crippen LogP contribution in [0.25, 0.3) is 0 Å². The number of aromatic hydroxyl groups is 10. The zero-order valence-electron chi connectivity index (χ0n) is 36.7. The molecule has 13 nitrogen and oxygen atoms in total. The van der Waals surface area contributed by atoms with Crippen molar-refractivity contribution in [1.82, 2.24) is 0 Å². The summed E-state index contributed by atoms with van der Waals surface area (Å²) in [4.78, 5) is 13.7. The second-order valence-corrected chi connectivity index (χ2v) is 18.6. The predicted molar refractivity (Wildman–Crippen MR) is 253 cm³/mol. The second-order valence-electron chi connectivity index (χ2n) is 18.6. The number of carbonyl (C=O) groups is 1. The van der Waals surface area contributed by atoms with E-state index in [1.807, 2.05) is 0 Å². The SMILES string of the molecule is O=Cc1c(O)c2c3c4c1O[C@@H](c1ccc(O)cc1)[C@@H]4c1cc(O)cc(O)c1[C@@H](c1ccc(O)cc1)[C@H]3[C@H](c1ccc(O)cc1)[C@H]2c1cc(O)cc2c1[C@@H](c1cc(O)cc(O)c1)[C@H](c1ccc(O)cc1)O2. The fourth-order valence-corrected chi connectivity index (χ4v) is 12.2. The van der Waals surface area contributed by atoms with Crippen molar-refractivity contribution < 1.29 is 65.3 Å². The van der Waals surface area contributed by atoms with E-state index in [4.69, 9.17) is 9.47 Å². The summed E-state index contributed by atoms with van der Waals surface area (Å²) in [5.41, 5.74) is 5.84. The molecule has 4 aliphatic rings. The molecule has 8 aromatic carbocycles. The Morgan fingerprint density at radius 2 is 0.843 bits per heavy atom. The molecule has 0 aromatic heterocycles. The van der Waals surface area contributed by atoms with Gasteiger partial charge in [-0.3, -0.25) is 4.79 Å². The maximum atomic E-state index is 13.7. The summed E-state index contributed by atoms with van der Waals surface area (Å²) in [6.45, 7) is 0. The highest BCUT2D eigenvalue weighted by Gasteiger charge is 2.58. The molecule has 2 heterocycles. The fraction of sp³-hybridized carbons (Fsp3) is 0.140. The monoisotopic (exact) mass is 934 g/mol. The van der Waals surface area contributed by atoms with Crippen LogP contribution >= 0.6 is 0 Å². The van der Waals surface area contributed by atoms with Crippen molar-refractivity contribution in [2.24, 2.45) is 0 Å². The van der Waals surface area contributed by atoms with E-state index in [2.05, 4.69) is 0 Å². The van der Waals surface area contributed by atoms with Gasteiger partial charge in [-0.25, -0.2) is 0 Å². The molecular weight excluding hydrogens is 893 g/mol. The number of phenols is 10. The standard InChI is InChI=1S/C57H42O13/c58-24-40-54(68)52-48(39-21-37(66)23-42-47(39)45(29-17-34(63)19-35(64)18-29)55(69-42)27-5-13-32(61)14-6-27)44(26-3-11-31(60)12-4-26)50-43(25-1-9-30(59)10-2-25)46-38(20-36(65)22-41(46)67)49-53(51(50)52)57(40)70-56(49)28-7-15-33(62)16-8-28/h1-24,43-45,48-50,55-56,59-68H/t43-,44-,45-,48-,49-,50+,55+,56+/m1/s1. The molecule has 13 heteroatoms. The summed E-state index contributed by atoms with van der Waals surface area (Å²) >= 11 is 0. The molecular formula is C57H42O13. The lowest BCUT2D eigenvalue weighted by molar-refractivity contribution is 0.111. The van der Waals surface area contributed by atoms with Crippen LogP contribution in [0.3, 0.4) is 0 Å². The highest BCUT2D eigenvalue weighted by Crippen LogP contribution is 2.72. The zero-order valence-corrected chi connectivity index (χ0v) is 36.7. The second kappa shape index (κ2) is 15.5. The van der Waals surface area contributed by atoms with Gasteiger partial charge in [-0.05, 0) is 117 Å². The van der Waals surface area contributed by atoms with Crippen LogP contribution in [-0.4, -0.2) is 57.4 Å². The lowest BCUT2D eigenvalue weighted by Gasteiger charge is -2.35. The van der Waals surface area contributed by atoms with Gasteiger partial charge in [0.05, 0.1) is 17.4 Å². The highest BCUT2D eigenvalue weighted by molar-refractivity contribution is 5.90. The number of hydrogen-bond acceptors (Lipinski definition) is 13. The Morgan fingerprint density at radius 1 is 0.357 bits per heavy atom. The Hall–Kier alpha value is -8.97. The summed E-state index contributed by atoms with van der Waals surface area (Å²) in [5.74, 6) is -6.52. The third-order valence-corrected chi connectivity index (χ3v) is 14.7. The van der Waals surface area contributed by atoms with Gasteiger partial charge in [0.15, 0.2) is 6.29 Å². The summed E-state index contributed by atoms with van der Waals surface area (Å²) in [6.07, 6.45) is -1.29. The molecule has 0 radical (unpaired) electrons. The van der Waals surface area contributed by atoms with E-state index in [9.17, 15) is 55.9 Å². The van der Waals surface area contributed by atoms with E-state index in [1.54, 1.807) is 60.7 Å². The van der Waals surface area contributed by atoms with Gasteiger partial charge in [0.25, 0.3) is 0 Å². The maximum absolute atomic E-state index is 13.7. The largest absolute Gasteiger partial charge is 0.508 e. The van der Waals surface area contributed by atoms with Crippen LogP contribution in [0.2, 0.25) is 0 Å². The van der Waals surface area contributed by atoms with Crippen LogP contribution in [-0.2, 0) is 0 Å². The predicted octanol–water partition coefficient (Wildman–Crippen LogP) is 10.2. The lowest BCUT2D eigenvalue weighted by atomic mass is 9.68. The quantitative estimate of drug-likeness (QED) is 0.0671. The van der Waals surface area contributed by atoms with Gasteiger partial charge >= 0.3 is 0 Å². The highest BCUT2D eigenvalue weighted by atomic mass is 16.5.